The van der Waals surface area contributed by atoms with E-state index in [-0.39, 0.29) is 0 Å². The molecule has 3 nitrogen and oxygen atoms in total. The highest BCUT2D eigenvalue weighted by atomic mass is 15.2. The van der Waals surface area contributed by atoms with Gasteiger partial charge in [-0.15, -0.1) is 0 Å². The smallest absolute Gasteiger partial charge is 0.202 e. The summed E-state index contributed by atoms with van der Waals surface area (Å²) in [5.74, 6) is 1.74. The number of fused-ring (bicyclic) bond motifs is 1. The van der Waals surface area contributed by atoms with Crippen molar-refractivity contribution in [3.63, 3.8) is 0 Å². The molecule has 1 N–H and O–H groups in total. The van der Waals surface area contributed by atoms with Gasteiger partial charge in [0.05, 0.1) is 0 Å². The molecule has 1 unspecified atom stereocenters. The van der Waals surface area contributed by atoms with E-state index >= 15 is 0 Å². The zero-order valence-electron chi connectivity index (χ0n) is 6.04. The van der Waals surface area contributed by atoms with Crippen LogP contribution in [0.2, 0.25) is 0 Å². The van der Waals surface area contributed by atoms with E-state index in [0.29, 0.717) is 0 Å². The van der Waals surface area contributed by atoms with Gasteiger partial charge in [0.2, 0.25) is 5.95 Å². The second-order valence-electron chi connectivity index (χ2n) is 2.89. The van der Waals surface area contributed by atoms with Crippen LogP contribution in [0, 0.1) is 5.92 Å². The first-order valence-electron chi connectivity index (χ1n) is 3.61. The minimum atomic E-state index is 0.724. The summed E-state index contributed by atoms with van der Waals surface area (Å²) < 4.78 is 2.15. The number of rotatable bonds is 0. The van der Waals surface area contributed by atoms with Crippen molar-refractivity contribution in [1.29, 1.82) is 0 Å². The van der Waals surface area contributed by atoms with Gasteiger partial charge in [-0.3, -0.25) is 0 Å². The number of hydrogen-bond acceptors (Lipinski definition) is 2. The van der Waals surface area contributed by atoms with Crippen LogP contribution in [0.15, 0.2) is 12.4 Å². The minimum Gasteiger partial charge on any atom is -0.355 e. The highest BCUT2D eigenvalue weighted by Gasteiger charge is 2.12. The largest absolute Gasteiger partial charge is 0.355 e. The predicted octanol–water partition coefficient (Wildman–Crippen LogP) is 0.945. The Kier molecular flexibility index (Phi) is 1.16. The van der Waals surface area contributed by atoms with Gasteiger partial charge in [0.25, 0.3) is 0 Å². The molecule has 1 aliphatic heterocycles. The zero-order valence-corrected chi connectivity index (χ0v) is 6.04. The maximum atomic E-state index is 4.14. The average molecular weight is 137 g/mol. The summed E-state index contributed by atoms with van der Waals surface area (Å²) in [6.07, 6.45) is 3.85. The summed E-state index contributed by atoms with van der Waals surface area (Å²) in [4.78, 5) is 4.14. The fourth-order valence-electron chi connectivity index (χ4n) is 1.29. The lowest BCUT2D eigenvalue weighted by Crippen LogP contribution is -2.24. The topological polar surface area (TPSA) is 29.9 Å². The SMILES string of the molecule is CC1CNc2nccn2C1. The van der Waals surface area contributed by atoms with Crippen molar-refractivity contribution < 1.29 is 0 Å². The van der Waals surface area contributed by atoms with Gasteiger partial charge in [0, 0.05) is 25.5 Å². The highest BCUT2D eigenvalue weighted by molar-refractivity contribution is 5.27. The number of hydrogen-bond donors (Lipinski definition) is 1. The molecule has 1 aromatic rings. The molecular formula is C7H11N3. The number of anilines is 1. The summed E-state index contributed by atoms with van der Waals surface area (Å²) in [5, 5.41) is 3.24. The molecule has 0 amide bonds. The number of nitrogens with zero attached hydrogens (tertiary/aromatic N) is 2. The van der Waals surface area contributed by atoms with Crippen LogP contribution in [0.5, 0.6) is 0 Å². The monoisotopic (exact) mass is 137 g/mol. The van der Waals surface area contributed by atoms with E-state index in [1.54, 1.807) is 0 Å². The van der Waals surface area contributed by atoms with Crippen molar-refractivity contribution in [3.8, 4) is 0 Å². The Balaban J connectivity index is 2.30. The fourth-order valence-corrected chi connectivity index (χ4v) is 1.29. The Morgan fingerprint density at radius 3 is 3.60 bits per heavy atom. The summed E-state index contributed by atoms with van der Waals surface area (Å²) in [7, 11) is 0. The summed E-state index contributed by atoms with van der Waals surface area (Å²) in [6.45, 7) is 4.38. The Morgan fingerprint density at radius 1 is 1.80 bits per heavy atom. The standard InChI is InChI=1S/C7H11N3/c1-6-4-9-7-8-2-3-10(7)5-6/h2-3,6H,4-5H2,1H3,(H,8,9). The maximum Gasteiger partial charge on any atom is 0.202 e. The molecule has 0 fully saturated rings. The molecule has 1 aliphatic rings. The normalized spacial score (nSPS) is 23.5. The van der Waals surface area contributed by atoms with E-state index in [0.717, 1.165) is 25.0 Å². The van der Waals surface area contributed by atoms with Crippen molar-refractivity contribution in [1.82, 2.24) is 9.55 Å². The molecule has 2 rings (SSSR count). The lowest BCUT2D eigenvalue weighted by molar-refractivity contribution is 0.477. The third-order valence-electron chi connectivity index (χ3n) is 1.83. The Labute approximate surface area is 60.1 Å². The second kappa shape index (κ2) is 2.01. The molecule has 3 heteroatoms. The average Bonchev–Trinajstić information content (AvgIpc) is 2.33. The van der Waals surface area contributed by atoms with Crippen molar-refractivity contribution in [3.05, 3.63) is 12.4 Å². The molecule has 0 bridgehead atoms. The Morgan fingerprint density at radius 2 is 2.70 bits per heavy atom. The van der Waals surface area contributed by atoms with Crippen LogP contribution in [0.1, 0.15) is 6.92 Å². The molecule has 2 heterocycles. The van der Waals surface area contributed by atoms with Crippen LogP contribution in [0.4, 0.5) is 5.95 Å². The van der Waals surface area contributed by atoms with E-state index in [2.05, 4.69) is 21.8 Å². The van der Waals surface area contributed by atoms with E-state index in [1.165, 1.54) is 0 Å². The molecule has 1 aromatic heterocycles. The first-order valence-corrected chi connectivity index (χ1v) is 3.61. The van der Waals surface area contributed by atoms with Gasteiger partial charge in [-0.05, 0) is 5.92 Å². The Bertz CT molecular complexity index is 229. The molecule has 0 aliphatic carbocycles. The molecule has 0 saturated heterocycles. The summed E-state index contributed by atoms with van der Waals surface area (Å²) >= 11 is 0. The van der Waals surface area contributed by atoms with Crippen LogP contribution in [0.25, 0.3) is 0 Å². The van der Waals surface area contributed by atoms with Gasteiger partial charge in [0.1, 0.15) is 0 Å². The van der Waals surface area contributed by atoms with Gasteiger partial charge < -0.3 is 9.88 Å². The van der Waals surface area contributed by atoms with E-state index in [9.17, 15) is 0 Å². The first kappa shape index (κ1) is 5.77. The van der Waals surface area contributed by atoms with Crippen LogP contribution >= 0.6 is 0 Å². The van der Waals surface area contributed by atoms with Gasteiger partial charge in [-0.1, -0.05) is 6.92 Å². The number of imidazole rings is 1. The van der Waals surface area contributed by atoms with E-state index < -0.39 is 0 Å². The van der Waals surface area contributed by atoms with Crippen LogP contribution in [0.3, 0.4) is 0 Å². The molecule has 10 heavy (non-hydrogen) atoms. The molecule has 1 atom stereocenters. The third-order valence-corrected chi connectivity index (χ3v) is 1.83. The van der Waals surface area contributed by atoms with Crippen molar-refractivity contribution in [2.75, 3.05) is 11.9 Å². The van der Waals surface area contributed by atoms with E-state index in [1.807, 2.05) is 12.4 Å². The predicted molar refractivity (Wildman–Crippen MR) is 39.9 cm³/mol. The Hall–Kier alpha value is -0.990. The van der Waals surface area contributed by atoms with Crippen molar-refractivity contribution >= 4 is 5.95 Å². The van der Waals surface area contributed by atoms with Crippen molar-refractivity contribution in [2.45, 2.75) is 13.5 Å². The van der Waals surface area contributed by atoms with E-state index in [4.69, 9.17) is 0 Å². The lowest BCUT2D eigenvalue weighted by Gasteiger charge is -2.21. The minimum absolute atomic E-state index is 0.724. The number of nitrogens with one attached hydrogen (secondary N) is 1. The fraction of sp³-hybridized carbons (Fsp3) is 0.571. The summed E-state index contributed by atoms with van der Waals surface area (Å²) in [6, 6.07) is 0. The molecule has 0 saturated carbocycles. The van der Waals surface area contributed by atoms with Gasteiger partial charge in [-0.2, -0.15) is 0 Å². The van der Waals surface area contributed by atoms with Gasteiger partial charge in [0.15, 0.2) is 0 Å². The van der Waals surface area contributed by atoms with Gasteiger partial charge >= 0.3 is 0 Å². The maximum absolute atomic E-state index is 4.14. The van der Waals surface area contributed by atoms with Gasteiger partial charge in [-0.25, -0.2) is 4.98 Å². The van der Waals surface area contributed by atoms with Crippen molar-refractivity contribution in [2.24, 2.45) is 5.92 Å². The molecular weight excluding hydrogens is 126 g/mol. The molecule has 0 spiro atoms. The third kappa shape index (κ3) is 0.781. The van der Waals surface area contributed by atoms with Crippen LogP contribution < -0.4 is 5.32 Å². The van der Waals surface area contributed by atoms with Crippen LogP contribution in [-0.4, -0.2) is 16.1 Å². The van der Waals surface area contributed by atoms with Crippen LogP contribution in [-0.2, 0) is 6.54 Å². The first-order chi connectivity index (χ1) is 4.86. The quantitative estimate of drug-likeness (QED) is 0.577. The zero-order chi connectivity index (χ0) is 6.97. The second-order valence-corrected chi connectivity index (χ2v) is 2.89. The summed E-state index contributed by atoms with van der Waals surface area (Å²) in [5.41, 5.74) is 0. The molecule has 0 aromatic carbocycles. The highest BCUT2D eigenvalue weighted by Crippen LogP contribution is 2.13. The lowest BCUT2D eigenvalue weighted by atomic mass is 10.1. The molecule has 0 radical (unpaired) electrons. The number of aromatic nitrogens is 2. The molecule has 54 valence electrons.